The van der Waals surface area contributed by atoms with Gasteiger partial charge in [-0.15, -0.1) is 0 Å². The smallest absolute Gasteiger partial charge is 0.174 e. The van der Waals surface area contributed by atoms with E-state index >= 15 is 0 Å². The molecule has 1 atom stereocenters. The summed E-state index contributed by atoms with van der Waals surface area (Å²) < 4.78 is 1.93. The SMILES string of the molecule is NC1CCC(C2(N)C=C(Nc3ccc(-c4ccccc4)cc3)c3nccn3N2)CC1. The van der Waals surface area contributed by atoms with E-state index in [-0.39, 0.29) is 0 Å². The molecule has 2 aliphatic rings. The molecule has 0 bridgehead atoms. The molecular formula is C24H28N6. The Morgan fingerprint density at radius 2 is 1.67 bits per heavy atom. The lowest BCUT2D eigenvalue weighted by molar-refractivity contribution is 0.239. The number of nitrogens with one attached hydrogen (secondary N) is 2. The Bertz CT molecular complexity index is 1030. The van der Waals surface area contributed by atoms with E-state index in [2.05, 4.69) is 70.3 Å². The molecule has 0 saturated heterocycles. The maximum Gasteiger partial charge on any atom is 0.174 e. The molecule has 5 rings (SSSR count). The van der Waals surface area contributed by atoms with Gasteiger partial charge in [0.15, 0.2) is 5.82 Å². The first-order valence-electron chi connectivity index (χ1n) is 10.6. The normalized spacial score (nSPS) is 25.7. The van der Waals surface area contributed by atoms with Crippen molar-refractivity contribution in [3.63, 3.8) is 0 Å². The van der Waals surface area contributed by atoms with Crippen LogP contribution in [0.4, 0.5) is 5.69 Å². The van der Waals surface area contributed by atoms with Gasteiger partial charge in [0.1, 0.15) is 5.66 Å². The van der Waals surface area contributed by atoms with Crippen LogP contribution >= 0.6 is 0 Å². The van der Waals surface area contributed by atoms with Crippen LogP contribution in [-0.2, 0) is 0 Å². The number of rotatable bonds is 4. The van der Waals surface area contributed by atoms with E-state index in [1.807, 2.05) is 16.9 Å². The zero-order valence-corrected chi connectivity index (χ0v) is 17.0. The van der Waals surface area contributed by atoms with Crippen LogP contribution in [0.15, 0.2) is 73.1 Å². The highest BCUT2D eigenvalue weighted by molar-refractivity contribution is 5.77. The summed E-state index contributed by atoms with van der Waals surface area (Å²) in [4.78, 5) is 4.52. The van der Waals surface area contributed by atoms with Gasteiger partial charge in [0.2, 0.25) is 0 Å². The highest BCUT2D eigenvalue weighted by Crippen LogP contribution is 2.35. The molecule has 1 fully saturated rings. The van der Waals surface area contributed by atoms with E-state index in [0.29, 0.717) is 12.0 Å². The average molecular weight is 401 g/mol. The zero-order valence-electron chi connectivity index (χ0n) is 17.0. The average Bonchev–Trinajstić information content (AvgIpc) is 3.24. The fraction of sp³-hybridized carbons (Fsp3) is 0.292. The molecule has 6 N–H and O–H groups in total. The number of aromatic nitrogens is 2. The minimum Gasteiger partial charge on any atom is -0.353 e. The molecule has 1 aliphatic heterocycles. The minimum atomic E-state index is -0.639. The maximum absolute atomic E-state index is 6.88. The summed E-state index contributed by atoms with van der Waals surface area (Å²) in [6.07, 6.45) is 9.87. The Hall–Kier alpha value is -3.09. The molecule has 2 aromatic carbocycles. The molecule has 1 aromatic heterocycles. The molecule has 154 valence electrons. The standard InChI is InChI=1S/C24H28N6/c25-20-10-8-19(9-11-20)24(26)16-22(23-27-14-15-30(23)29-24)28-21-12-6-18(7-13-21)17-4-2-1-3-5-17/h1-7,12-16,19-20,28-29H,8-11,25-26H2. The van der Waals surface area contributed by atoms with Crippen molar-refractivity contribution in [3.05, 3.63) is 78.9 Å². The fourth-order valence-electron chi connectivity index (χ4n) is 4.57. The van der Waals surface area contributed by atoms with Crippen LogP contribution in [0.5, 0.6) is 0 Å². The molecule has 6 nitrogen and oxygen atoms in total. The first-order chi connectivity index (χ1) is 14.6. The van der Waals surface area contributed by atoms with Crippen molar-refractivity contribution in [2.45, 2.75) is 37.4 Å². The van der Waals surface area contributed by atoms with Crippen molar-refractivity contribution >= 4 is 11.4 Å². The van der Waals surface area contributed by atoms with E-state index in [4.69, 9.17) is 11.5 Å². The molecule has 0 spiro atoms. The third kappa shape index (κ3) is 3.60. The lowest BCUT2D eigenvalue weighted by Gasteiger charge is -2.42. The van der Waals surface area contributed by atoms with Gasteiger partial charge in [-0.25, -0.2) is 9.66 Å². The van der Waals surface area contributed by atoms with Gasteiger partial charge in [0, 0.05) is 30.0 Å². The summed E-state index contributed by atoms with van der Waals surface area (Å²) in [6, 6.07) is 19.1. The summed E-state index contributed by atoms with van der Waals surface area (Å²) >= 11 is 0. The van der Waals surface area contributed by atoms with Gasteiger partial charge in [-0.1, -0.05) is 42.5 Å². The summed E-state index contributed by atoms with van der Waals surface area (Å²) in [5.74, 6) is 1.15. The molecule has 6 heteroatoms. The lowest BCUT2D eigenvalue weighted by Crippen LogP contribution is -2.58. The summed E-state index contributed by atoms with van der Waals surface area (Å²) in [6.45, 7) is 0. The number of nitrogens with zero attached hydrogens (tertiary/aromatic N) is 2. The number of nitrogens with two attached hydrogens (primary N) is 2. The second kappa shape index (κ2) is 7.63. The summed E-state index contributed by atoms with van der Waals surface area (Å²) in [5.41, 5.74) is 20.1. The van der Waals surface area contributed by atoms with Crippen LogP contribution in [0.3, 0.4) is 0 Å². The number of benzene rings is 2. The van der Waals surface area contributed by atoms with E-state index in [9.17, 15) is 0 Å². The molecule has 1 aliphatic carbocycles. The van der Waals surface area contributed by atoms with Crippen molar-refractivity contribution in [2.24, 2.45) is 17.4 Å². The molecule has 1 unspecified atom stereocenters. The summed E-state index contributed by atoms with van der Waals surface area (Å²) in [5, 5.41) is 3.54. The number of anilines is 1. The minimum absolute atomic E-state index is 0.293. The molecule has 0 amide bonds. The maximum atomic E-state index is 6.88. The van der Waals surface area contributed by atoms with Crippen LogP contribution in [0.2, 0.25) is 0 Å². The van der Waals surface area contributed by atoms with Crippen LogP contribution in [0.25, 0.3) is 16.8 Å². The van der Waals surface area contributed by atoms with Gasteiger partial charge in [-0.3, -0.25) is 0 Å². The van der Waals surface area contributed by atoms with E-state index < -0.39 is 5.66 Å². The van der Waals surface area contributed by atoms with E-state index in [0.717, 1.165) is 42.9 Å². The number of hydrogen-bond acceptors (Lipinski definition) is 5. The Labute approximate surface area is 177 Å². The highest BCUT2D eigenvalue weighted by Gasteiger charge is 2.39. The quantitative estimate of drug-likeness (QED) is 0.535. The van der Waals surface area contributed by atoms with Crippen molar-refractivity contribution in [1.29, 1.82) is 0 Å². The van der Waals surface area contributed by atoms with Gasteiger partial charge in [0.05, 0.1) is 5.70 Å². The summed E-state index contributed by atoms with van der Waals surface area (Å²) in [7, 11) is 0. The first-order valence-corrected chi connectivity index (χ1v) is 10.6. The lowest BCUT2D eigenvalue weighted by atomic mass is 9.78. The van der Waals surface area contributed by atoms with Crippen molar-refractivity contribution < 1.29 is 0 Å². The van der Waals surface area contributed by atoms with Gasteiger partial charge in [0.25, 0.3) is 0 Å². The number of imidazole rings is 1. The largest absolute Gasteiger partial charge is 0.353 e. The van der Waals surface area contributed by atoms with Crippen LogP contribution in [-0.4, -0.2) is 21.4 Å². The monoisotopic (exact) mass is 400 g/mol. The Balaban J connectivity index is 1.41. The molecule has 3 aromatic rings. The molecule has 2 heterocycles. The van der Waals surface area contributed by atoms with Gasteiger partial charge >= 0.3 is 0 Å². The van der Waals surface area contributed by atoms with Gasteiger partial charge in [-0.2, -0.15) is 0 Å². The van der Waals surface area contributed by atoms with Crippen LogP contribution in [0.1, 0.15) is 31.5 Å². The number of hydrogen-bond donors (Lipinski definition) is 4. The predicted octanol–water partition coefficient (Wildman–Crippen LogP) is 3.73. The fourth-order valence-corrected chi connectivity index (χ4v) is 4.57. The first kappa shape index (κ1) is 18.9. The van der Waals surface area contributed by atoms with Gasteiger partial charge < -0.3 is 22.2 Å². The van der Waals surface area contributed by atoms with Crippen LogP contribution < -0.4 is 22.2 Å². The van der Waals surface area contributed by atoms with Crippen molar-refractivity contribution in [3.8, 4) is 11.1 Å². The second-order valence-corrected chi connectivity index (χ2v) is 8.40. The van der Waals surface area contributed by atoms with Gasteiger partial charge in [-0.05, 0) is 55.0 Å². The zero-order chi connectivity index (χ0) is 20.6. The molecule has 1 saturated carbocycles. The molecule has 0 radical (unpaired) electrons. The Morgan fingerprint density at radius 1 is 0.967 bits per heavy atom. The topological polar surface area (TPSA) is 93.9 Å². The Kier molecular flexibility index (Phi) is 4.81. The highest BCUT2D eigenvalue weighted by atomic mass is 15.5. The molecular weight excluding hydrogens is 372 g/mol. The number of fused-ring (bicyclic) bond motifs is 1. The van der Waals surface area contributed by atoms with E-state index in [1.54, 1.807) is 6.20 Å². The van der Waals surface area contributed by atoms with E-state index in [1.165, 1.54) is 11.1 Å². The second-order valence-electron chi connectivity index (χ2n) is 8.40. The Morgan fingerprint density at radius 3 is 2.40 bits per heavy atom. The van der Waals surface area contributed by atoms with Crippen LogP contribution in [0, 0.1) is 5.92 Å². The predicted molar refractivity (Wildman–Crippen MR) is 122 cm³/mol. The third-order valence-corrected chi connectivity index (χ3v) is 6.30. The van der Waals surface area contributed by atoms with Crippen molar-refractivity contribution in [2.75, 3.05) is 10.7 Å². The van der Waals surface area contributed by atoms with Crippen molar-refractivity contribution in [1.82, 2.24) is 9.66 Å². The third-order valence-electron chi connectivity index (χ3n) is 6.30. The molecule has 30 heavy (non-hydrogen) atoms.